The number of nitrogens with zero attached hydrogens (tertiary/aromatic N) is 2. The van der Waals surface area contributed by atoms with Crippen LogP contribution in [0.1, 0.15) is 41.9 Å². The maximum atomic E-state index is 13.2. The van der Waals surface area contributed by atoms with Gasteiger partial charge >= 0.3 is 0 Å². The summed E-state index contributed by atoms with van der Waals surface area (Å²) in [5.41, 5.74) is 2.91. The van der Waals surface area contributed by atoms with E-state index in [1.165, 1.54) is 5.56 Å². The van der Waals surface area contributed by atoms with Crippen molar-refractivity contribution in [1.82, 2.24) is 9.47 Å². The molecule has 1 amide bonds. The highest BCUT2D eigenvalue weighted by atomic mass is 35.5. The Balaban J connectivity index is 1.85. The second-order valence-corrected chi connectivity index (χ2v) is 7.19. The van der Waals surface area contributed by atoms with Crippen LogP contribution in [0.2, 0.25) is 5.02 Å². The Morgan fingerprint density at radius 1 is 1.04 bits per heavy atom. The highest BCUT2D eigenvalue weighted by Crippen LogP contribution is 2.21. The fourth-order valence-electron chi connectivity index (χ4n) is 3.14. The van der Waals surface area contributed by atoms with Crippen molar-refractivity contribution in [3.05, 3.63) is 94.8 Å². The van der Waals surface area contributed by atoms with Crippen LogP contribution in [0.25, 0.3) is 0 Å². The first-order chi connectivity index (χ1) is 13.1. The molecule has 140 valence electrons. The molecule has 1 atom stereocenters. The predicted octanol–water partition coefficient (Wildman–Crippen LogP) is 5.63. The molecule has 0 saturated carbocycles. The number of hydrogen-bond acceptors (Lipinski definition) is 1. The molecule has 1 aromatic heterocycles. The maximum Gasteiger partial charge on any atom is 0.255 e. The molecule has 0 aliphatic rings. The minimum Gasteiger partial charge on any atom is -0.345 e. The second kappa shape index (κ2) is 8.92. The zero-order valence-electron chi connectivity index (χ0n) is 15.8. The summed E-state index contributed by atoms with van der Waals surface area (Å²) in [6.45, 7) is 5.52. The number of halogens is 1. The monoisotopic (exact) mass is 380 g/mol. The van der Waals surface area contributed by atoms with E-state index >= 15 is 0 Å². The topological polar surface area (TPSA) is 25.2 Å². The average molecular weight is 381 g/mol. The fraction of sp³-hybridized carbons (Fsp3) is 0.261. The lowest BCUT2D eigenvalue weighted by Gasteiger charge is -2.29. The number of aromatic nitrogens is 1. The number of carbonyl (C=O) groups is 1. The lowest BCUT2D eigenvalue weighted by Crippen LogP contribution is -2.38. The molecule has 3 aromatic rings. The molecule has 0 bridgehead atoms. The van der Waals surface area contributed by atoms with Crippen LogP contribution in [0, 0.1) is 0 Å². The van der Waals surface area contributed by atoms with Gasteiger partial charge in [-0.15, -0.1) is 0 Å². The normalized spacial score (nSPS) is 12.0. The van der Waals surface area contributed by atoms with Gasteiger partial charge in [0.15, 0.2) is 0 Å². The zero-order chi connectivity index (χ0) is 19.2. The number of rotatable bonds is 7. The third-order valence-electron chi connectivity index (χ3n) is 4.94. The van der Waals surface area contributed by atoms with Crippen LogP contribution in [0.4, 0.5) is 0 Å². The van der Waals surface area contributed by atoms with E-state index in [0.717, 1.165) is 18.7 Å². The summed E-state index contributed by atoms with van der Waals surface area (Å²) in [6, 6.07) is 21.8. The summed E-state index contributed by atoms with van der Waals surface area (Å²) in [5.74, 6) is -0.0255. The Morgan fingerprint density at radius 3 is 2.44 bits per heavy atom. The molecule has 27 heavy (non-hydrogen) atoms. The van der Waals surface area contributed by atoms with E-state index < -0.39 is 0 Å². The first-order valence-electron chi connectivity index (χ1n) is 9.33. The lowest BCUT2D eigenvalue weighted by atomic mass is 10.1. The van der Waals surface area contributed by atoms with Crippen molar-refractivity contribution in [1.29, 1.82) is 0 Å². The van der Waals surface area contributed by atoms with E-state index in [0.29, 0.717) is 17.1 Å². The minimum atomic E-state index is -0.0255. The van der Waals surface area contributed by atoms with Crippen LogP contribution < -0.4 is 0 Å². The van der Waals surface area contributed by atoms with Crippen molar-refractivity contribution < 1.29 is 4.79 Å². The van der Waals surface area contributed by atoms with Crippen molar-refractivity contribution >= 4 is 17.5 Å². The second-order valence-electron chi connectivity index (χ2n) is 6.78. The summed E-state index contributed by atoms with van der Waals surface area (Å²) >= 11 is 6.28. The highest BCUT2D eigenvalue weighted by Gasteiger charge is 2.23. The first kappa shape index (κ1) is 19.2. The van der Waals surface area contributed by atoms with Crippen molar-refractivity contribution in [2.75, 3.05) is 0 Å². The molecule has 0 N–H and O–H groups in total. The molecule has 0 spiro atoms. The van der Waals surface area contributed by atoms with Crippen LogP contribution in [-0.2, 0) is 13.1 Å². The summed E-state index contributed by atoms with van der Waals surface area (Å²) in [4.78, 5) is 15.1. The molecule has 1 unspecified atom stereocenters. The molecule has 0 radical (unpaired) electrons. The molecule has 0 aliphatic heterocycles. The molecular weight excluding hydrogens is 356 g/mol. The molecule has 3 rings (SSSR count). The largest absolute Gasteiger partial charge is 0.345 e. The third-order valence-corrected chi connectivity index (χ3v) is 5.27. The molecular formula is C23H25ClN2O. The van der Waals surface area contributed by atoms with Gasteiger partial charge in [-0.3, -0.25) is 4.79 Å². The Hall–Kier alpha value is -2.52. The van der Waals surface area contributed by atoms with Gasteiger partial charge in [0.1, 0.15) is 0 Å². The van der Waals surface area contributed by atoms with E-state index in [1.54, 1.807) is 12.1 Å². The Labute approximate surface area is 166 Å². The van der Waals surface area contributed by atoms with E-state index in [9.17, 15) is 4.79 Å². The molecule has 0 aliphatic carbocycles. The summed E-state index contributed by atoms with van der Waals surface area (Å²) in [7, 11) is 0. The molecule has 4 heteroatoms. The molecule has 1 heterocycles. The van der Waals surface area contributed by atoms with Crippen LogP contribution >= 0.6 is 11.6 Å². The maximum absolute atomic E-state index is 13.2. The van der Waals surface area contributed by atoms with Gasteiger partial charge < -0.3 is 9.47 Å². The quantitative estimate of drug-likeness (QED) is 0.521. The Bertz CT molecular complexity index is 888. The molecule has 3 nitrogen and oxygen atoms in total. The summed E-state index contributed by atoms with van der Waals surface area (Å²) in [5, 5.41) is 0.496. The van der Waals surface area contributed by atoms with Crippen LogP contribution in [0.15, 0.2) is 72.9 Å². The van der Waals surface area contributed by atoms with Crippen molar-refractivity contribution in [3.8, 4) is 0 Å². The SMILES string of the molecule is CCC(C)N(Cc1cccn1Cc1ccccc1)C(=O)c1ccccc1Cl. The number of amides is 1. The summed E-state index contributed by atoms with van der Waals surface area (Å²) < 4.78 is 2.20. The van der Waals surface area contributed by atoms with Gasteiger partial charge in [-0.1, -0.05) is 61.0 Å². The van der Waals surface area contributed by atoms with Gasteiger partial charge in [0, 0.05) is 24.5 Å². The van der Waals surface area contributed by atoms with Crippen LogP contribution in [0.3, 0.4) is 0 Å². The van der Waals surface area contributed by atoms with Gasteiger partial charge in [0.25, 0.3) is 5.91 Å². The van der Waals surface area contributed by atoms with Crippen LogP contribution in [-0.4, -0.2) is 21.4 Å². The Morgan fingerprint density at radius 2 is 1.74 bits per heavy atom. The molecule has 0 fully saturated rings. The minimum absolute atomic E-state index is 0.0255. The molecule has 2 aromatic carbocycles. The van der Waals surface area contributed by atoms with Gasteiger partial charge in [-0.25, -0.2) is 0 Å². The highest BCUT2D eigenvalue weighted by molar-refractivity contribution is 6.33. The van der Waals surface area contributed by atoms with E-state index in [4.69, 9.17) is 11.6 Å². The first-order valence-corrected chi connectivity index (χ1v) is 9.71. The summed E-state index contributed by atoms with van der Waals surface area (Å²) in [6.07, 6.45) is 2.95. The van der Waals surface area contributed by atoms with Gasteiger partial charge in [0.2, 0.25) is 0 Å². The van der Waals surface area contributed by atoms with E-state index in [-0.39, 0.29) is 11.9 Å². The smallest absolute Gasteiger partial charge is 0.255 e. The lowest BCUT2D eigenvalue weighted by molar-refractivity contribution is 0.0667. The van der Waals surface area contributed by atoms with E-state index in [1.807, 2.05) is 41.3 Å². The van der Waals surface area contributed by atoms with Gasteiger partial charge in [-0.05, 0) is 43.2 Å². The fourth-order valence-corrected chi connectivity index (χ4v) is 3.36. The van der Waals surface area contributed by atoms with Crippen molar-refractivity contribution in [2.24, 2.45) is 0 Å². The Kier molecular flexibility index (Phi) is 6.36. The standard InChI is InChI=1S/C23H25ClN2O/c1-3-18(2)26(23(27)21-13-7-8-14-22(21)24)17-20-12-9-15-25(20)16-19-10-5-4-6-11-19/h4-15,18H,3,16-17H2,1-2H3. The van der Waals surface area contributed by atoms with Gasteiger partial charge in [-0.2, -0.15) is 0 Å². The van der Waals surface area contributed by atoms with Crippen molar-refractivity contribution in [3.63, 3.8) is 0 Å². The van der Waals surface area contributed by atoms with Gasteiger partial charge in [0.05, 0.1) is 17.1 Å². The molecule has 0 saturated heterocycles. The number of carbonyl (C=O) groups excluding carboxylic acids is 1. The zero-order valence-corrected chi connectivity index (χ0v) is 16.6. The predicted molar refractivity (Wildman–Crippen MR) is 111 cm³/mol. The number of benzene rings is 2. The average Bonchev–Trinajstić information content (AvgIpc) is 3.13. The van der Waals surface area contributed by atoms with Crippen molar-refractivity contribution in [2.45, 2.75) is 39.4 Å². The number of hydrogen-bond donors (Lipinski definition) is 0. The van der Waals surface area contributed by atoms with E-state index in [2.05, 4.69) is 42.8 Å². The third kappa shape index (κ3) is 4.61. The van der Waals surface area contributed by atoms with Crippen LogP contribution in [0.5, 0.6) is 0 Å².